The van der Waals surface area contributed by atoms with E-state index in [9.17, 15) is 18.0 Å². The Bertz CT molecular complexity index is 1090. The molecule has 9 heteroatoms. The van der Waals surface area contributed by atoms with E-state index in [1.807, 2.05) is 30.3 Å². The molecule has 2 atom stereocenters. The highest BCUT2D eigenvalue weighted by Crippen LogP contribution is 2.27. The van der Waals surface area contributed by atoms with Gasteiger partial charge in [-0.05, 0) is 49.4 Å². The van der Waals surface area contributed by atoms with Crippen LogP contribution in [0.1, 0.15) is 36.8 Å². The van der Waals surface area contributed by atoms with Crippen LogP contribution in [0, 0.1) is 5.92 Å². The van der Waals surface area contributed by atoms with Crippen molar-refractivity contribution < 1.29 is 22.7 Å². The zero-order valence-electron chi connectivity index (χ0n) is 19.8. The third-order valence-electron chi connectivity index (χ3n) is 6.69. The fraction of sp³-hybridized carbons (Fsp3) is 0.462. The zero-order chi connectivity index (χ0) is 24.7. The summed E-state index contributed by atoms with van der Waals surface area (Å²) in [4.78, 5) is 27.9. The van der Waals surface area contributed by atoms with Crippen molar-refractivity contribution in [3.63, 3.8) is 0 Å². The molecule has 5 rings (SSSR count). The van der Waals surface area contributed by atoms with Gasteiger partial charge in [-0.2, -0.15) is 0 Å². The number of ether oxygens (including phenoxy) is 1. The molecule has 188 valence electrons. The van der Waals surface area contributed by atoms with Crippen LogP contribution in [0.25, 0.3) is 0 Å². The van der Waals surface area contributed by atoms with Crippen LogP contribution in [0.3, 0.4) is 0 Å². The Labute approximate surface area is 207 Å². The second-order valence-electron chi connectivity index (χ2n) is 9.36. The molecule has 3 aliphatic rings. The fourth-order valence-corrected chi connectivity index (χ4v) is 6.15. The minimum atomic E-state index is -3.83. The number of hydrogen-bond donors (Lipinski definition) is 2. The molecule has 0 radical (unpaired) electrons. The predicted molar refractivity (Wildman–Crippen MR) is 133 cm³/mol. The molecule has 2 unspecified atom stereocenters. The van der Waals surface area contributed by atoms with Gasteiger partial charge in [-0.15, -0.1) is 0 Å². The molecule has 1 amide bonds. The van der Waals surface area contributed by atoms with E-state index in [1.165, 1.54) is 0 Å². The molecule has 0 saturated carbocycles. The lowest BCUT2D eigenvalue weighted by Gasteiger charge is -2.45. The molecular formula is C26H33N3O5S. The first-order valence-electron chi connectivity index (χ1n) is 12.1. The van der Waals surface area contributed by atoms with E-state index in [0.29, 0.717) is 11.5 Å². The molecule has 3 aliphatic heterocycles. The maximum Gasteiger partial charge on any atom is 0.324 e. The molecule has 3 fully saturated rings. The largest absolute Gasteiger partial charge is 0.460 e. The van der Waals surface area contributed by atoms with Crippen molar-refractivity contribution in [3.05, 3.63) is 71.8 Å². The van der Waals surface area contributed by atoms with Gasteiger partial charge >= 0.3 is 5.97 Å². The summed E-state index contributed by atoms with van der Waals surface area (Å²) in [6.07, 6.45) is 2.22. The number of rotatable bonds is 11. The van der Waals surface area contributed by atoms with Crippen molar-refractivity contribution in [2.45, 2.75) is 50.1 Å². The van der Waals surface area contributed by atoms with Crippen LogP contribution in [0.5, 0.6) is 0 Å². The summed E-state index contributed by atoms with van der Waals surface area (Å²) in [5.74, 6) is -0.643. The summed E-state index contributed by atoms with van der Waals surface area (Å²) >= 11 is 0. The lowest BCUT2D eigenvalue weighted by atomic mass is 9.84. The lowest BCUT2D eigenvalue weighted by Crippen LogP contribution is -2.57. The lowest BCUT2D eigenvalue weighted by molar-refractivity contribution is -0.147. The molecule has 0 aromatic heterocycles. The highest BCUT2D eigenvalue weighted by atomic mass is 32.2. The number of benzene rings is 2. The molecule has 2 aromatic rings. The highest BCUT2D eigenvalue weighted by molar-refractivity contribution is 7.88. The van der Waals surface area contributed by atoms with Crippen LogP contribution in [-0.2, 0) is 36.7 Å². The van der Waals surface area contributed by atoms with Crippen molar-refractivity contribution >= 4 is 21.9 Å². The summed E-state index contributed by atoms with van der Waals surface area (Å²) in [6, 6.07) is 16.9. The maximum absolute atomic E-state index is 12.9. The predicted octanol–water partition coefficient (Wildman–Crippen LogP) is 2.21. The Morgan fingerprint density at radius 3 is 2.20 bits per heavy atom. The van der Waals surface area contributed by atoms with Crippen LogP contribution in [0.15, 0.2) is 60.7 Å². The second kappa shape index (κ2) is 11.8. The third-order valence-corrected chi connectivity index (χ3v) is 8.05. The van der Waals surface area contributed by atoms with Crippen LogP contribution < -0.4 is 10.0 Å². The Hall–Kier alpha value is -2.75. The van der Waals surface area contributed by atoms with E-state index < -0.39 is 22.0 Å². The highest BCUT2D eigenvalue weighted by Gasteiger charge is 2.35. The number of amides is 1. The van der Waals surface area contributed by atoms with E-state index in [-0.39, 0.29) is 37.2 Å². The van der Waals surface area contributed by atoms with Gasteiger partial charge in [0.25, 0.3) is 0 Å². The Balaban J connectivity index is 1.36. The number of carbonyl (C=O) groups is 2. The first-order valence-corrected chi connectivity index (χ1v) is 13.8. The van der Waals surface area contributed by atoms with Gasteiger partial charge in [0.1, 0.15) is 12.6 Å². The molecule has 2 aromatic carbocycles. The molecule has 3 saturated heterocycles. The molecule has 2 N–H and O–H groups in total. The van der Waals surface area contributed by atoms with Gasteiger partial charge in [0.15, 0.2) is 0 Å². The summed E-state index contributed by atoms with van der Waals surface area (Å²) < 4.78 is 33.5. The minimum Gasteiger partial charge on any atom is -0.460 e. The molecule has 35 heavy (non-hydrogen) atoms. The summed E-state index contributed by atoms with van der Waals surface area (Å²) in [7, 11) is -3.83. The fourth-order valence-electron chi connectivity index (χ4n) is 4.79. The van der Waals surface area contributed by atoms with Gasteiger partial charge in [-0.1, -0.05) is 60.7 Å². The van der Waals surface area contributed by atoms with E-state index in [0.717, 1.165) is 38.0 Å². The number of piperidine rings is 3. The van der Waals surface area contributed by atoms with Gasteiger partial charge in [0.2, 0.25) is 15.9 Å². The molecule has 3 heterocycles. The molecule has 8 nitrogen and oxygen atoms in total. The Morgan fingerprint density at radius 2 is 1.60 bits per heavy atom. The summed E-state index contributed by atoms with van der Waals surface area (Å²) in [6.45, 7) is 3.04. The van der Waals surface area contributed by atoms with Crippen molar-refractivity contribution in [2.75, 3.05) is 19.6 Å². The van der Waals surface area contributed by atoms with Crippen LogP contribution >= 0.6 is 0 Å². The average molecular weight is 500 g/mol. The van der Waals surface area contributed by atoms with Crippen LogP contribution in [0.2, 0.25) is 0 Å². The second-order valence-corrected chi connectivity index (χ2v) is 11.1. The van der Waals surface area contributed by atoms with Gasteiger partial charge in [-0.25, -0.2) is 13.1 Å². The monoisotopic (exact) mass is 499 g/mol. The Kier molecular flexibility index (Phi) is 8.54. The Morgan fingerprint density at radius 1 is 0.971 bits per heavy atom. The van der Waals surface area contributed by atoms with E-state index in [1.54, 1.807) is 30.3 Å². The maximum atomic E-state index is 12.9. The first-order chi connectivity index (χ1) is 16.9. The van der Waals surface area contributed by atoms with Gasteiger partial charge in [-0.3, -0.25) is 9.59 Å². The molecular weight excluding hydrogens is 466 g/mol. The normalized spacial score (nSPS) is 22.3. The number of hydrogen-bond acceptors (Lipinski definition) is 6. The van der Waals surface area contributed by atoms with Crippen molar-refractivity contribution in [3.8, 4) is 0 Å². The molecule has 0 aliphatic carbocycles. The standard InChI is InChI=1S/C26H33N3O5S/c30-25(27-24-17-29-15-13-22(24)14-16-29)12-11-23(26(31)34-18-20-7-3-1-4-8-20)28-35(32,33)19-21-9-5-2-6-10-21/h1-10,22-24,28H,11-19H2,(H,27,30). The van der Waals surface area contributed by atoms with Crippen molar-refractivity contribution in [1.29, 1.82) is 0 Å². The smallest absolute Gasteiger partial charge is 0.324 e. The first kappa shape index (κ1) is 25.3. The van der Waals surface area contributed by atoms with Gasteiger partial charge < -0.3 is 15.0 Å². The van der Waals surface area contributed by atoms with E-state index in [4.69, 9.17) is 4.74 Å². The van der Waals surface area contributed by atoms with Crippen molar-refractivity contribution in [1.82, 2.24) is 14.9 Å². The SMILES string of the molecule is O=C(CCC(NS(=O)(=O)Cc1ccccc1)C(=O)OCc1ccccc1)NC1CN2CCC1CC2. The van der Waals surface area contributed by atoms with Gasteiger partial charge in [0, 0.05) is 19.0 Å². The third kappa shape index (κ3) is 7.62. The average Bonchev–Trinajstić information content (AvgIpc) is 2.87. The molecule has 2 bridgehead atoms. The number of sulfonamides is 1. The zero-order valence-corrected chi connectivity index (χ0v) is 20.6. The van der Waals surface area contributed by atoms with Crippen LogP contribution in [0.4, 0.5) is 0 Å². The number of nitrogens with zero attached hydrogens (tertiary/aromatic N) is 1. The van der Waals surface area contributed by atoms with E-state index >= 15 is 0 Å². The number of nitrogens with one attached hydrogen (secondary N) is 2. The number of carbonyl (C=O) groups excluding carboxylic acids is 2. The minimum absolute atomic E-state index is 0.0224. The summed E-state index contributed by atoms with van der Waals surface area (Å²) in [5, 5.41) is 3.10. The quantitative estimate of drug-likeness (QED) is 0.460. The van der Waals surface area contributed by atoms with Crippen LogP contribution in [-0.4, -0.2) is 56.9 Å². The van der Waals surface area contributed by atoms with Gasteiger partial charge in [0.05, 0.1) is 5.75 Å². The van der Waals surface area contributed by atoms with E-state index in [2.05, 4.69) is 14.9 Å². The summed E-state index contributed by atoms with van der Waals surface area (Å²) in [5.41, 5.74) is 1.41. The topological polar surface area (TPSA) is 105 Å². The number of esters is 1. The number of fused-ring (bicyclic) bond motifs is 3. The van der Waals surface area contributed by atoms with Crippen molar-refractivity contribution in [2.24, 2.45) is 5.92 Å². The molecule has 0 spiro atoms.